The number of aryl methyl sites for hydroxylation is 1. The Morgan fingerprint density at radius 1 is 1.28 bits per heavy atom. The van der Waals surface area contributed by atoms with Gasteiger partial charge in [-0.3, -0.25) is 0 Å². The van der Waals surface area contributed by atoms with E-state index < -0.39 is 0 Å². The number of aromatic amines is 1. The highest BCUT2D eigenvalue weighted by Gasteiger charge is 2.12. The van der Waals surface area contributed by atoms with Crippen LogP contribution in [0, 0.1) is 6.92 Å². The van der Waals surface area contributed by atoms with Gasteiger partial charge in [0.1, 0.15) is 12.4 Å². The van der Waals surface area contributed by atoms with Crippen molar-refractivity contribution >= 4 is 28.8 Å². The van der Waals surface area contributed by atoms with Gasteiger partial charge in [-0.15, -0.1) is 0 Å². The molecule has 5 nitrogen and oxygen atoms in total. The number of carbonyl (C=O) groups is 1. The Bertz CT molecular complexity index is 905. The first-order valence-corrected chi connectivity index (χ1v) is 9.03. The molecule has 0 saturated carbocycles. The third kappa shape index (κ3) is 3.79. The number of ether oxygens (including phenoxy) is 2. The first-order valence-electron chi connectivity index (χ1n) is 8.04. The molecule has 25 heavy (non-hydrogen) atoms. The van der Waals surface area contributed by atoms with Gasteiger partial charge in [0.2, 0.25) is 0 Å². The van der Waals surface area contributed by atoms with E-state index in [0.717, 1.165) is 38.8 Å². The Morgan fingerprint density at radius 2 is 2.08 bits per heavy atom. The van der Waals surface area contributed by atoms with Gasteiger partial charge in [0.15, 0.2) is 5.16 Å². The molecule has 3 aromatic rings. The van der Waals surface area contributed by atoms with E-state index in [1.54, 1.807) is 17.8 Å². The van der Waals surface area contributed by atoms with Crippen LogP contribution in [0.1, 0.15) is 28.4 Å². The van der Waals surface area contributed by atoms with E-state index in [9.17, 15) is 4.79 Å². The molecule has 1 N–H and O–H groups in total. The van der Waals surface area contributed by atoms with Crippen molar-refractivity contribution in [2.24, 2.45) is 0 Å². The highest BCUT2D eigenvalue weighted by atomic mass is 32.2. The van der Waals surface area contributed by atoms with Gasteiger partial charge < -0.3 is 14.5 Å². The monoisotopic (exact) mass is 356 g/mol. The molecule has 0 unspecified atom stereocenters. The van der Waals surface area contributed by atoms with Crippen LogP contribution in [0.15, 0.2) is 41.6 Å². The zero-order chi connectivity index (χ0) is 17.8. The van der Waals surface area contributed by atoms with Gasteiger partial charge in [-0.2, -0.15) is 0 Å². The highest BCUT2D eigenvalue weighted by Crippen LogP contribution is 2.27. The summed E-state index contributed by atoms with van der Waals surface area (Å²) in [5.74, 6) is 1.34. The van der Waals surface area contributed by atoms with Gasteiger partial charge in [-0.05, 0) is 30.4 Å². The molecule has 0 amide bonds. The van der Waals surface area contributed by atoms with E-state index in [1.165, 1.54) is 7.11 Å². The molecule has 6 heteroatoms. The van der Waals surface area contributed by atoms with Crippen molar-refractivity contribution in [3.63, 3.8) is 0 Å². The summed E-state index contributed by atoms with van der Waals surface area (Å²) in [5.41, 5.74) is 4.27. The smallest absolute Gasteiger partial charge is 0.338 e. The molecule has 1 aromatic heterocycles. The first kappa shape index (κ1) is 17.4. The van der Waals surface area contributed by atoms with E-state index in [2.05, 4.69) is 16.9 Å². The van der Waals surface area contributed by atoms with E-state index >= 15 is 0 Å². The second-order valence-corrected chi connectivity index (χ2v) is 6.80. The second-order valence-electron chi connectivity index (χ2n) is 5.55. The van der Waals surface area contributed by atoms with E-state index in [4.69, 9.17) is 9.47 Å². The molecular formula is C19H20N2O3S. The molecule has 0 aliphatic carbocycles. The third-order valence-corrected chi connectivity index (χ3v) is 4.58. The first-order chi connectivity index (χ1) is 12.1. The summed E-state index contributed by atoms with van der Waals surface area (Å²) >= 11 is 1.67. The van der Waals surface area contributed by atoms with Crippen LogP contribution in [0.25, 0.3) is 11.0 Å². The van der Waals surface area contributed by atoms with Crippen LogP contribution in [0.5, 0.6) is 5.75 Å². The van der Waals surface area contributed by atoms with Crippen LogP contribution in [0.4, 0.5) is 0 Å². The number of H-pyrrole nitrogens is 1. The molecule has 0 radical (unpaired) electrons. The summed E-state index contributed by atoms with van der Waals surface area (Å²) < 4.78 is 10.7. The lowest BCUT2D eigenvalue weighted by molar-refractivity contribution is 0.0597. The Kier molecular flexibility index (Phi) is 5.28. The largest absolute Gasteiger partial charge is 0.489 e. The van der Waals surface area contributed by atoms with E-state index in [1.807, 2.05) is 37.3 Å². The fraction of sp³-hybridized carbons (Fsp3) is 0.263. The summed E-state index contributed by atoms with van der Waals surface area (Å²) in [7, 11) is 1.38. The number of aromatic nitrogens is 2. The lowest BCUT2D eigenvalue weighted by Crippen LogP contribution is -2.07. The number of hydrogen-bond acceptors (Lipinski definition) is 5. The number of nitrogens with one attached hydrogen (secondary N) is 1. The van der Waals surface area contributed by atoms with Crippen molar-refractivity contribution in [1.82, 2.24) is 9.97 Å². The van der Waals surface area contributed by atoms with E-state index in [0.29, 0.717) is 12.2 Å². The number of fused-ring (bicyclic) bond motifs is 1. The van der Waals surface area contributed by atoms with Crippen LogP contribution >= 0.6 is 11.8 Å². The van der Waals surface area contributed by atoms with Gasteiger partial charge in [0.25, 0.3) is 0 Å². The molecule has 0 fully saturated rings. The number of hydrogen-bond donors (Lipinski definition) is 1. The lowest BCUT2D eigenvalue weighted by Gasteiger charge is -2.10. The van der Waals surface area contributed by atoms with Crippen LogP contribution in [0.2, 0.25) is 0 Å². The van der Waals surface area contributed by atoms with Crippen molar-refractivity contribution in [3.05, 3.63) is 53.1 Å². The fourth-order valence-electron chi connectivity index (χ4n) is 2.64. The lowest BCUT2D eigenvalue weighted by atomic mass is 10.1. The summed E-state index contributed by atoms with van der Waals surface area (Å²) in [6, 6.07) is 11.2. The second kappa shape index (κ2) is 7.61. The van der Waals surface area contributed by atoms with Crippen molar-refractivity contribution in [2.45, 2.75) is 25.6 Å². The number of rotatable bonds is 6. The minimum Gasteiger partial charge on any atom is -0.489 e. The predicted octanol–water partition coefficient (Wildman–Crippen LogP) is 4.35. The Morgan fingerprint density at radius 3 is 2.84 bits per heavy atom. The standard InChI is InChI=1S/C19H20N2O3S/c1-4-25-19-20-16-10-14(9-12(2)17(16)21-19)24-11-13-7-5-6-8-15(13)18(22)23-3/h5-10H,4,11H2,1-3H3,(H,20,21). The highest BCUT2D eigenvalue weighted by molar-refractivity contribution is 7.99. The van der Waals surface area contributed by atoms with Crippen LogP contribution in [-0.4, -0.2) is 28.8 Å². The van der Waals surface area contributed by atoms with E-state index in [-0.39, 0.29) is 5.97 Å². The summed E-state index contributed by atoms with van der Waals surface area (Å²) in [5, 5.41) is 0.911. The maximum atomic E-state index is 11.8. The molecule has 0 saturated heterocycles. The van der Waals surface area contributed by atoms with Gasteiger partial charge in [-0.25, -0.2) is 9.78 Å². The molecule has 3 rings (SSSR count). The van der Waals surface area contributed by atoms with Crippen LogP contribution in [-0.2, 0) is 11.3 Å². The average molecular weight is 356 g/mol. The number of carbonyl (C=O) groups excluding carboxylic acids is 1. The summed E-state index contributed by atoms with van der Waals surface area (Å²) in [6.07, 6.45) is 0. The minimum atomic E-state index is -0.361. The summed E-state index contributed by atoms with van der Waals surface area (Å²) in [6.45, 7) is 4.40. The zero-order valence-electron chi connectivity index (χ0n) is 14.5. The minimum absolute atomic E-state index is 0.293. The molecule has 0 atom stereocenters. The SMILES string of the molecule is CCSc1nc2c(C)cc(OCc3ccccc3C(=O)OC)cc2[nH]1. The molecular weight excluding hydrogens is 336 g/mol. The molecule has 0 spiro atoms. The topological polar surface area (TPSA) is 64.2 Å². The van der Waals surface area contributed by atoms with Crippen molar-refractivity contribution in [2.75, 3.05) is 12.9 Å². The molecule has 130 valence electrons. The van der Waals surface area contributed by atoms with Gasteiger partial charge in [0, 0.05) is 11.6 Å². The molecule has 2 aromatic carbocycles. The molecule has 0 aliphatic heterocycles. The Balaban J connectivity index is 1.83. The molecule has 0 bridgehead atoms. The van der Waals surface area contributed by atoms with Crippen LogP contribution < -0.4 is 4.74 Å². The quantitative estimate of drug-likeness (QED) is 0.525. The Hall–Kier alpha value is -2.47. The summed E-state index contributed by atoms with van der Waals surface area (Å²) in [4.78, 5) is 19.8. The fourth-order valence-corrected chi connectivity index (χ4v) is 3.25. The third-order valence-electron chi connectivity index (χ3n) is 3.83. The maximum Gasteiger partial charge on any atom is 0.338 e. The van der Waals surface area contributed by atoms with Gasteiger partial charge >= 0.3 is 5.97 Å². The number of nitrogens with zero attached hydrogens (tertiary/aromatic N) is 1. The predicted molar refractivity (Wildman–Crippen MR) is 99.3 cm³/mol. The maximum absolute atomic E-state index is 11.8. The molecule has 0 aliphatic rings. The Labute approximate surface area is 150 Å². The number of esters is 1. The zero-order valence-corrected chi connectivity index (χ0v) is 15.3. The number of thioether (sulfide) groups is 1. The average Bonchev–Trinajstić information content (AvgIpc) is 3.03. The number of benzene rings is 2. The van der Waals surface area contributed by atoms with Gasteiger partial charge in [0.05, 0.1) is 23.7 Å². The van der Waals surface area contributed by atoms with Crippen molar-refractivity contribution < 1.29 is 14.3 Å². The van der Waals surface area contributed by atoms with Crippen molar-refractivity contribution in [3.8, 4) is 5.75 Å². The number of methoxy groups -OCH3 is 1. The van der Waals surface area contributed by atoms with Crippen molar-refractivity contribution in [1.29, 1.82) is 0 Å². The number of imidazole rings is 1. The van der Waals surface area contributed by atoms with Gasteiger partial charge in [-0.1, -0.05) is 36.9 Å². The van der Waals surface area contributed by atoms with Crippen LogP contribution in [0.3, 0.4) is 0 Å². The normalized spacial score (nSPS) is 10.8. The molecule has 1 heterocycles.